The number of rotatable bonds is 2. The van der Waals surface area contributed by atoms with E-state index in [0.29, 0.717) is 23.2 Å². The molecule has 3 heterocycles. The van der Waals surface area contributed by atoms with Gasteiger partial charge in [0.05, 0.1) is 34.8 Å². The molecule has 0 saturated heterocycles. The van der Waals surface area contributed by atoms with Gasteiger partial charge in [-0.2, -0.15) is 18.3 Å². The van der Waals surface area contributed by atoms with Crippen molar-refractivity contribution in [1.82, 2.24) is 20.1 Å². The molecule has 0 atom stereocenters. The lowest BCUT2D eigenvalue weighted by Gasteiger charge is -2.15. The third-order valence-electron chi connectivity index (χ3n) is 4.09. The Hall–Kier alpha value is -3.30. The number of carbonyl (C=O) groups excluding carboxylic acids is 2. The average Bonchev–Trinajstić information content (AvgIpc) is 3.14. The Morgan fingerprint density at radius 2 is 1.88 bits per heavy atom. The molecule has 0 bridgehead atoms. The molecule has 6 nitrogen and oxygen atoms in total. The highest BCUT2D eigenvalue weighted by molar-refractivity contribution is 6.25. The maximum absolute atomic E-state index is 13.4. The number of benzene rings is 1. The van der Waals surface area contributed by atoms with Gasteiger partial charge < -0.3 is 0 Å². The number of aromatic nitrogens is 3. The number of aromatic amines is 1. The van der Waals surface area contributed by atoms with E-state index in [-0.39, 0.29) is 16.7 Å². The van der Waals surface area contributed by atoms with E-state index in [4.69, 9.17) is 0 Å². The molecule has 132 valence electrons. The highest BCUT2D eigenvalue weighted by atomic mass is 19.4. The minimum absolute atomic E-state index is 0.0235. The van der Waals surface area contributed by atoms with Crippen molar-refractivity contribution in [3.63, 3.8) is 0 Å². The summed E-state index contributed by atoms with van der Waals surface area (Å²) in [7, 11) is 0. The van der Waals surface area contributed by atoms with E-state index in [0.717, 1.165) is 11.0 Å². The summed E-state index contributed by atoms with van der Waals surface area (Å²) in [6.45, 7) is -0.422. The van der Waals surface area contributed by atoms with Crippen LogP contribution in [-0.4, -0.2) is 31.9 Å². The van der Waals surface area contributed by atoms with Crippen molar-refractivity contribution >= 4 is 22.8 Å². The molecule has 0 spiro atoms. The van der Waals surface area contributed by atoms with E-state index in [1.165, 1.54) is 12.4 Å². The highest BCUT2D eigenvalue weighted by Gasteiger charge is 2.39. The summed E-state index contributed by atoms with van der Waals surface area (Å²) >= 11 is 0. The number of alkyl halides is 3. The number of imide groups is 1. The number of nitrogens with zero attached hydrogens (tertiary/aromatic N) is 3. The molecule has 10 heteroatoms. The lowest BCUT2D eigenvalue weighted by molar-refractivity contribution is -0.140. The van der Waals surface area contributed by atoms with Crippen LogP contribution in [0.3, 0.4) is 0 Å². The first-order chi connectivity index (χ1) is 12.3. The minimum atomic E-state index is -4.88. The van der Waals surface area contributed by atoms with Crippen molar-refractivity contribution in [2.24, 2.45) is 0 Å². The van der Waals surface area contributed by atoms with Gasteiger partial charge in [0.15, 0.2) is 5.65 Å². The summed E-state index contributed by atoms with van der Waals surface area (Å²) in [6.07, 6.45) is -2.33. The van der Waals surface area contributed by atoms with Crippen LogP contribution in [0.4, 0.5) is 17.6 Å². The molecule has 1 aliphatic heterocycles. The number of nitrogens with one attached hydrogen (secondary N) is 1. The smallest absolute Gasteiger partial charge is 0.270 e. The van der Waals surface area contributed by atoms with Gasteiger partial charge in [-0.1, -0.05) is 6.07 Å². The van der Waals surface area contributed by atoms with Crippen LogP contribution in [0.1, 0.15) is 31.8 Å². The number of halogens is 4. The first kappa shape index (κ1) is 16.2. The molecule has 0 aliphatic carbocycles. The van der Waals surface area contributed by atoms with E-state index >= 15 is 0 Å². The number of pyridine rings is 1. The second-order valence-electron chi connectivity index (χ2n) is 5.69. The Labute approximate surface area is 142 Å². The monoisotopic (exact) mass is 364 g/mol. The Morgan fingerprint density at radius 3 is 2.62 bits per heavy atom. The number of H-pyrrole nitrogens is 1. The van der Waals surface area contributed by atoms with Crippen LogP contribution in [0, 0.1) is 5.82 Å². The molecule has 0 fully saturated rings. The van der Waals surface area contributed by atoms with Crippen molar-refractivity contribution in [1.29, 1.82) is 0 Å². The SMILES string of the molecule is O=C1c2cnc3[nH]ncc3c2C(=O)N1Cc1ccc(F)c(C(F)(F)F)c1. The zero-order valence-electron chi connectivity index (χ0n) is 12.8. The summed E-state index contributed by atoms with van der Waals surface area (Å²) < 4.78 is 51.9. The molecule has 0 unspecified atom stereocenters. The standard InChI is InChI=1S/C16H8F4N4O2/c17-11-2-1-7(3-10(11)16(18,19)20)6-24-14(25)9-4-21-13-8(5-22-23-13)12(9)15(24)26/h1-5H,6H2,(H,21,22,23). The molecule has 2 aromatic heterocycles. The lowest BCUT2D eigenvalue weighted by Crippen LogP contribution is -2.29. The molecule has 26 heavy (non-hydrogen) atoms. The molecular weight excluding hydrogens is 356 g/mol. The summed E-state index contributed by atoms with van der Waals surface area (Å²) in [5.74, 6) is -2.77. The van der Waals surface area contributed by atoms with E-state index in [1.54, 1.807) is 0 Å². The van der Waals surface area contributed by atoms with Gasteiger partial charge in [-0.15, -0.1) is 0 Å². The topological polar surface area (TPSA) is 79.0 Å². The molecule has 1 N–H and O–H groups in total. The summed E-state index contributed by atoms with van der Waals surface area (Å²) in [4.78, 5) is 29.9. The lowest BCUT2D eigenvalue weighted by atomic mass is 10.1. The van der Waals surface area contributed by atoms with E-state index in [1.807, 2.05) is 0 Å². The van der Waals surface area contributed by atoms with E-state index < -0.39 is 35.9 Å². The molecule has 1 aliphatic rings. The van der Waals surface area contributed by atoms with Crippen LogP contribution in [0.2, 0.25) is 0 Å². The fraction of sp³-hybridized carbons (Fsp3) is 0.125. The maximum atomic E-state index is 13.4. The molecule has 3 aromatic rings. The molecular formula is C16H8F4N4O2. The number of fused-ring (bicyclic) bond motifs is 3. The van der Waals surface area contributed by atoms with Gasteiger partial charge in [-0.3, -0.25) is 19.6 Å². The van der Waals surface area contributed by atoms with E-state index in [9.17, 15) is 27.2 Å². The van der Waals surface area contributed by atoms with Gasteiger partial charge in [-0.25, -0.2) is 9.37 Å². The van der Waals surface area contributed by atoms with Gasteiger partial charge in [0.25, 0.3) is 11.8 Å². The quantitative estimate of drug-likeness (QED) is 0.560. The Kier molecular flexibility index (Phi) is 3.33. The van der Waals surface area contributed by atoms with Gasteiger partial charge >= 0.3 is 6.18 Å². The summed E-state index contributed by atoms with van der Waals surface area (Å²) in [5, 5.41) is 6.67. The number of carbonyl (C=O) groups is 2. The Balaban J connectivity index is 1.72. The second-order valence-corrected chi connectivity index (χ2v) is 5.69. The number of hydrogen-bond acceptors (Lipinski definition) is 4. The van der Waals surface area contributed by atoms with Gasteiger partial charge in [0, 0.05) is 6.20 Å². The third kappa shape index (κ3) is 2.33. The van der Waals surface area contributed by atoms with Crippen LogP contribution in [0.15, 0.2) is 30.6 Å². The molecule has 0 radical (unpaired) electrons. The van der Waals surface area contributed by atoms with Gasteiger partial charge in [0.1, 0.15) is 5.82 Å². The van der Waals surface area contributed by atoms with Crippen LogP contribution in [0.25, 0.3) is 11.0 Å². The first-order valence-corrected chi connectivity index (χ1v) is 7.31. The van der Waals surface area contributed by atoms with Gasteiger partial charge in [-0.05, 0) is 17.7 Å². The van der Waals surface area contributed by atoms with Crippen molar-refractivity contribution in [3.8, 4) is 0 Å². The van der Waals surface area contributed by atoms with E-state index in [2.05, 4.69) is 15.2 Å². The Bertz CT molecular complexity index is 1070. The molecule has 2 amide bonds. The first-order valence-electron chi connectivity index (χ1n) is 7.31. The fourth-order valence-electron chi connectivity index (χ4n) is 2.88. The normalized spacial score (nSPS) is 14.4. The number of amides is 2. The predicted octanol–water partition coefficient (Wildman–Crippen LogP) is 2.91. The predicted molar refractivity (Wildman–Crippen MR) is 79.5 cm³/mol. The Morgan fingerprint density at radius 1 is 1.12 bits per heavy atom. The van der Waals surface area contributed by atoms with Crippen LogP contribution >= 0.6 is 0 Å². The van der Waals surface area contributed by atoms with Crippen LogP contribution < -0.4 is 0 Å². The average molecular weight is 364 g/mol. The van der Waals surface area contributed by atoms with Crippen LogP contribution in [0.5, 0.6) is 0 Å². The van der Waals surface area contributed by atoms with Crippen molar-refractivity contribution in [2.75, 3.05) is 0 Å². The fourth-order valence-corrected chi connectivity index (χ4v) is 2.88. The third-order valence-corrected chi connectivity index (χ3v) is 4.09. The summed E-state index contributed by atoms with van der Waals surface area (Å²) in [5.41, 5.74) is -1.03. The molecule has 4 rings (SSSR count). The second kappa shape index (κ2) is 5.35. The van der Waals surface area contributed by atoms with Crippen LogP contribution in [-0.2, 0) is 12.7 Å². The van der Waals surface area contributed by atoms with Gasteiger partial charge in [0.2, 0.25) is 0 Å². The molecule has 0 saturated carbocycles. The molecule has 1 aromatic carbocycles. The number of hydrogen-bond donors (Lipinski definition) is 1. The zero-order chi connectivity index (χ0) is 18.6. The zero-order valence-corrected chi connectivity index (χ0v) is 12.8. The van der Waals surface area contributed by atoms with Crippen molar-refractivity contribution in [2.45, 2.75) is 12.7 Å². The highest BCUT2D eigenvalue weighted by Crippen LogP contribution is 2.33. The largest absolute Gasteiger partial charge is 0.419 e. The maximum Gasteiger partial charge on any atom is 0.419 e. The van der Waals surface area contributed by atoms with Crippen molar-refractivity contribution in [3.05, 3.63) is 58.7 Å². The van der Waals surface area contributed by atoms with Crippen molar-refractivity contribution < 1.29 is 27.2 Å². The summed E-state index contributed by atoms with van der Waals surface area (Å²) in [6, 6.07) is 2.34. The minimum Gasteiger partial charge on any atom is -0.270 e.